The van der Waals surface area contributed by atoms with E-state index >= 15 is 0 Å². The van der Waals surface area contributed by atoms with Gasteiger partial charge in [0, 0.05) is 12.2 Å². The molecule has 1 fully saturated rings. The second-order valence-corrected chi connectivity index (χ2v) is 7.48. The van der Waals surface area contributed by atoms with E-state index < -0.39 is 10.0 Å². The van der Waals surface area contributed by atoms with Crippen molar-refractivity contribution in [1.29, 1.82) is 5.26 Å². The molecule has 1 saturated carbocycles. The van der Waals surface area contributed by atoms with Crippen molar-refractivity contribution in [3.63, 3.8) is 0 Å². The normalized spacial score (nSPS) is 22.7. The van der Waals surface area contributed by atoms with Crippen molar-refractivity contribution < 1.29 is 8.42 Å². The van der Waals surface area contributed by atoms with Gasteiger partial charge in [-0.1, -0.05) is 26.2 Å². The van der Waals surface area contributed by atoms with Crippen molar-refractivity contribution in [3.05, 3.63) is 23.8 Å². The van der Waals surface area contributed by atoms with Crippen molar-refractivity contribution in [2.75, 3.05) is 12.3 Å². The molecule has 6 heteroatoms. The Morgan fingerprint density at radius 1 is 1.38 bits per heavy atom. The fourth-order valence-electron chi connectivity index (χ4n) is 2.86. The SMILES string of the molecule is CC1CCCCC1CNS(=O)(=O)c1ccc(N)cc1C#N. The summed E-state index contributed by atoms with van der Waals surface area (Å²) in [4.78, 5) is 0.00247. The maximum atomic E-state index is 12.4. The first-order valence-electron chi connectivity index (χ1n) is 7.23. The lowest BCUT2D eigenvalue weighted by Gasteiger charge is -2.28. The first-order chi connectivity index (χ1) is 9.94. The molecule has 1 aromatic carbocycles. The summed E-state index contributed by atoms with van der Waals surface area (Å²) in [5, 5.41) is 9.07. The van der Waals surface area contributed by atoms with Gasteiger partial charge in [-0.05, 0) is 36.5 Å². The molecule has 0 aliphatic heterocycles. The van der Waals surface area contributed by atoms with E-state index in [1.165, 1.54) is 24.6 Å². The van der Waals surface area contributed by atoms with E-state index in [0.717, 1.165) is 19.3 Å². The lowest BCUT2D eigenvalue weighted by molar-refractivity contribution is 0.257. The van der Waals surface area contributed by atoms with Crippen molar-refractivity contribution in [3.8, 4) is 6.07 Å². The Hall–Kier alpha value is -1.58. The maximum Gasteiger partial charge on any atom is 0.241 e. The molecular formula is C15H21N3O2S. The molecule has 3 N–H and O–H groups in total. The Bertz CT molecular complexity index is 649. The number of hydrogen-bond donors (Lipinski definition) is 2. The van der Waals surface area contributed by atoms with Crippen LogP contribution in [0.3, 0.4) is 0 Å². The van der Waals surface area contributed by atoms with Crippen LogP contribution in [0.15, 0.2) is 23.1 Å². The molecule has 2 unspecified atom stereocenters. The molecule has 1 aliphatic carbocycles. The van der Waals surface area contributed by atoms with Gasteiger partial charge in [0.2, 0.25) is 10.0 Å². The van der Waals surface area contributed by atoms with E-state index in [2.05, 4.69) is 11.6 Å². The minimum absolute atomic E-state index is 0.00247. The molecular weight excluding hydrogens is 286 g/mol. The third-order valence-electron chi connectivity index (χ3n) is 4.24. The molecule has 2 rings (SSSR count). The predicted octanol–water partition coefficient (Wildman–Crippen LogP) is 2.25. The summed E-state index contributed by atoms with van der Waals surface area (Å²) < 4.78 is 27.4. The summed E-state index contributed by atoms with van der Waals surface area (Å²) in [6.45, 7) is 2.60. The van der Waals surface area contributed by atoms with Crippen LogP contribution in [0.2, 0.25) is 0 Å². The smallest absolute Gasteiger partial charge is 0.241 e. The number of anilines is 1. The molecule has 0 aromatic heterocycles. The topological polar surface area (TPSA) is 96.0 Å². The number of rotatable bonds is 4. The molecule has 21 heavy (non-hydrogen) atoms. The molecule has 0 spiro atoms. The van der Waals surface area contributed by atoms with Crippen LogP contribution in [0.1, 0.15) is 38.2 Å². The van der Waals surface area contributed by atoms with E-state index in [1.807, 2.05) is 6.07 Å². The predicted molar refractivity (Wildman–Crippen MR) is 81.9 cm³/mol. The molecule has 5 nitrogen and oxygen atoms in total. The van der Waals surface area contributed by atoms with Crippen LogP contribution >= 0.6 is 0 Å². The summed E-state index contributed by atoms with van der Waals surface area (Å²) in [7, 11) is -3.67. The van der Waals surface area contributed by atoms with Gasteiger partial charge in [-0.25, -0.2) is 13.1 Å². The fourth-order valence-corrected chi connectivity index (χ4v) is 4.09. The van der Waals surface area contributed by atoms with Gasteiger partial charge in [0.1, 0.15) is 6.07 Å². The molecule has 0 heterocycles. The van der Waals surface area contributed by atoms with Crippen molar-refractivity contribution >= 4 is 15.7 Å². The monoisotopic (exact) mass is 307 g/mol. The first-order valence-corrected chi connectivity index (χ1v) is 8.71. The van der Waals surface area contributed by atoms with Crippen LogP contribution in [0.4, 0.5) is 5.69 Å². The highest BCUT2D eigenvalue weighted by Crippen LogP contribution is 2.29. The summed E-state index contributed by atoms with van der Waals surface area (Å²) in [6.07, 6.45) is 4.58. The van der Waals surface area contributed by atoms with E-state index in [4.69, 9.17) is 11.0 Å². The average Bonchev–Trinajstić information content (AvgIpc) is 2.46. The summed E-state index contributed by atoms with van der Waals surface area (Å²) in [5.74, 6) is 0.899. The Morgan fingerprint density at radius 3 is 2.76 bits per heavy atom. The van der Waals surface area contributed by atoms with E-state index in [1.54, 1.807) is 0 Å². The van der Waals surface area contributed by atoms with E-state index in [0.29, 0.717) is 24.1 Å². The van der Waals surface area contributed by atoms with Crippen molar-refractivity contribution in [1.82, 2.24) is 4.72 Å². The highest BCUT2D eigenvalue weighted by atomic mass is 32.2. The van der Waals surface area contributed by atoms with Gasteiger partial charge in [-0.2, -0.15) is 5.26 Å². The molecule has 0 amide bonds. The molecule has 1 aliphatic rings. The molecule has 2 atom stereocenters. The molecule has 114 valence electrons. The van der Waals surface area contributed by atoms with Crippen LogP contribution in [0, 0.1) is 23.2 Å². The Morgan fingerprint density at radius 2 is 2.10 bits per heavy atom. The minimum atomic E-state index is -3.67. The fraction of sp³-hybridized carbons (Fsp3) is 0.533. The Labute approximate surface area is 126 Å². The number of nitrogens with zero attached hydrogens (tertiary/aromatic N) is 1. The van der Waals surface area contributed by atoms with Crippen LogP contribution in [0.5, 0.6) is 0 Å². The molecule has 0 saturated heterocycles. The second-order valence-electron chi connectivity index (χ2n) is 5.74. The van der Waals surface area contributed by atoms with E-state index in [-0.39, 0.29) is 10.5 Å². The molecule has 0 bridgehead atoms. The minimum Gasteiger partial charge on any atom is -0.399 e. The van der Waals surface area contributed by atoms with E-state index in [9.17, 15) is 8.42 Å². The number of nitriles is 1. The van der Waals surface area contributed by atoms with Crippen LogP contribution < -0.4 is 10.5 Å². The maximum absolute atomic E-state index is 12.4. The number of sulfonamides is 1. The number of nitrogen functional groups attached to an aromatic ring is 1. The lowest BCUT2D eigenvalue weighted by Crippen LogP contribution is -2.33. The first kappa shape index (κ1) is 15.8. The van der Waals surface area contributed by atoms with Gasteiger partial charge in [0.05, 0.1) is 10.5 Å². The quantitative estimate of drug-likeness (QED) is 0.834. The largest absolute Gasteiger partial charge is 0.399 e. The van der Waals surface area contributed by atoms with Gasteiger partial charge >= 0.3 is 0 Å². The average molecular weight is 307 g/mol. The summed E-state index contributed by atoms with van der Waals surface area (Å²) >= 11 is 0. The lowest BCUT2D eigenvalue weighted by atomic mass is 9.81. The summed E-state index contributed by atoms with van der Waals surface area (Å²) in [5.41, 5.74) is 6.05. The van der Waals surface area contributed by atoms with Gasteiger partial charge < -0.3 is 5.73 Å². The third kappa shape index (κ3) is 3.74. The van der Waals surface area contributed by atoms with Gasteiger partial charge in [0.15, 0.2) is 0 Å². The van der Waals surface area contributed by atoms with Gasteiger partial charge in [-0.3, -0.25) is 0 Å². The van der Waals surface area contributed by atoms with Crippen LogP contribution in [-0.4, -0.2) is 15.0 Å². The van der Waals surface area contributed by atoms with Crippen LogP contribution in [-0.2, 0) is 10.0 Å². The highest BCUT2D eigenvalue weighted by molar-refractivity contribution is 7.89. The highest BCUT2D eigenvalue weighted by Gasteiger charge is 2.25. The zero-order valence-electron chi connectivity index (χ0n) is 12.2. The third-order valence-corrected chi connectivity index (χ3v) is 5.72. The molecule has 0 radical (unpaired) electrons. The Kier molecular flexibility index (Phi) is 4.86. The number of nitrogens with one attached hydrogen (secondary N) is 1. The second kappa shape index (κ2) is 6.46. The zero-order chi connectivity index (χ0) is 15.5. The summed E-state index contributed by atoms with van der Waals surface area (Å²) in [6, 6.07) is 6.16. The van der Waals surface area contributed by atoms with Crippen molar-refractivity contribution in [2.45, 2.75) is 37.5 Å². The van der Waals surface area contributed by atoms with Crippen LogP contribution in [0.25, 0.3) is 0 Å². The van der Waals surface area contributed by atoms with Crippen molar-refractivity contribution in [2.24, 2.45) is 11.8 Å². The standard InChI is InChI=1S/C15H21N3O2S/c1-11-4-2-3-5-12(11)10-18-21(19,20)15-7-6-14(17)8-13(15)9-16/h6-8,11-12,18H,2-5,10,17H2,1H3. The number of benzene rings is 1. The Balaban J connectivity index is 2.14. The van der Waals surface area contributed by atoms with Gasteiger partial charge in [-0.15, -0.1) is 0 Å². The zero-order valence-corrected chi connectivity index (χ0v) is 13.0. The number of nitrogens with two attached hydrogens (primary N) is 1. The number of hydrogen-bond acceptors (Lipinski definition) is 4. The molecule has 1 aromatic rings. The van der Waals surface area contributed by atoms with Gasteiger partial charge in [0.25, 0.3) is 0 Å².